The third kappa shape index (κ3) is 2.86. The van der Waals surface area contributed by atoms with Crippen LogP contribution in [-0.4, -0.2) is 66.5 Å². The molecule has 0 aromatic carbocycles. The highest BCUT2D eigenvalue weighted by atomic mass is 16.5. The number of carbonyl (C=O) groups excluding carboxylic acids is 2. The first-order chi connectivity index (χ1) is 8.68. The number of nitrogens with one attached hydrogen (secondary N) is 1. The molecule has 2 amide bonds. The van der Waals surface area contributed by atoms with Crippen molar-refractivity contribution in [1.29, 1.82) is 0 Å². The van der Waals surface area contributed by atoms with Crippen molar-refractivity contribution in [2.24, 2.45) is 0 Å². The minimum atomic E-state index is -0.337. The summed E-state index contributed by atoms with van der Waals surface area (Å²) in [4.78, 5) is 26.9. The fourth-order valence-corrected chi connectivity index (χ4v) is 1.80. The lowest BCUT2D eigenvalue weighted by atomic mass is 10.3. The van der Waals surface area contributed by atoms with Crippen LogP contribution in [0.15, 0.2) is 16.8 Å². The van der Waals surface area contributed by atoms with E-state index in [9.17, 15) is 9.59 Å². The van der Waals surface area contributed by atoms with E-state index in [2.05, 4.69) is 10.5 Å². The van der Waals surface area contributed by atoms with E-state index in [1.807, 2.05) is 0 Å². The maximum Gasteiger partial charge on any atom is 0.292 e. The lowest BCUT2D eigenvalue weighted by molar-refractivity contribution is -0.132. The first kappa shape index (κ1) is 12.6. The first-order valence-corrected chi connectivity index (χ1v) is 5.83. The van der Waals surface area contributed by atoms with Crippen molar-refractivity contribution in [2.45, 2.75) is 0 Å². The van der Waals surface area contributed by atoms with Gasteiger partial charge in [-0.1, -0.05) is 5.16 Å². The summed E-state index contributed by atoms with van der Waals surface area (Å²) in [5.41, 5.74) is 0. The molecule has 18 heavy (non-hydrogen) atoms. The van der Waals surface area contributed by atoms with Crippen molar-refractivity contribution in [1.82, 2.24) is 20.3 Å². The first-order valence-electron chi connectivity index (χ1n) is 5.83. The second-order valence-electron chi connectivity index (χ2n) is 4.17. The molecular weight excluding hydrogens is 236 g/mol. The number of carbonyl (C=O) groups is 2. The monoisotopic (exact) mass is 252 g/mol. The molecule has 1 aromatic rings. The third-order valence-electron chi connectivity index (χ3n) is 2.84. The molecule has 1 N–H and O–H groups in total. The van der Waals surface area contributed by atoms with Crippen molar-refractivity contribution >= 4 is 11.8 Å². The topological polar surface area (TPSA) is 78.7 Å². The minimum absolute atomic E-state index is 0.0492. The lowest BCUT2D eigenvalue weighted by Crippen LogP contribution is -2.49. The zero-order valence-corrected chi connectivity index (χ0v) is 10.3. The fourth-order valence-electron chi connectivity index (χ4n) is 1.80. The smallest absolute Gasteiger partial charge is 0.292 e. The van der Waals surface area contributed by atoms with Crippen molar-refractivity contribution in [3.8, 4) is 0 Å². The Labute approximate surface area is 105 Å². The van der Waals surface area contributed by atoms with Gasteiger partial charge in [-0.2, -0.15) is 0 Å². The molecule has 7 heteroatoms. The van der Waals surface area contributed by atoms with E-state index in [1.54, 1.807) is 11.9 Å². The third-order valence-corrected chi connectivity index (χ3v) is 2.84. The van der Waals surface area contributed by atoms with Gasteiger partial charge in [-0.05, 0) is 0 Å². The van der Waals surface area contributed by atoms with E-state index in [4.69, 9.17) is 4.52 Å². The van der Waals surface area contributed by atoms with E-state index in [0.29, 0.717) is 13.1 Å². The Hall–Kier alpha value is -1.89. The van der Waals surface area contributed by atoms with E-state index >= 15 is 0 Å². The van der Waals surface area contributed by atoms with Gasteiger partial charge in [-0.25, -0.2) is 0 Å². The summed E-state index contributed by atoms with van der Waals surface area (Å²) < 4.78 is 4.77. The van der Waals surface area contributed by atoms with Crippen molar-refractivity contribution < 1.29 is 14.1 Å². The number of hydrogen-bond acceptors (Lipinski definition) is 5. The zero-order valence-electron chi connectivity index (χ0n) is 10.3. The second kappa shape index (κ2) is 5.63. The van der Waals surface area contributed by atoms with Crippen LogP contribution < -0.4 is 5.32 Å². The molecule has 1 aliphatic heterocycles. The highest BCUT2D eigenvalue weighted by molar-refractivity contribution is 5.93. The molecule has 7 nitrogen and oxygen atoms in total. The van der Waals surface area contributed by atoms with Crippen LogP contribution in [0.3, 0.4) is 0 Å². The number of piperazine rings is 1. The van der Waals surface area contributed by atoms with E-state index in [1.165, 1.54) is 17.2 Å². The van der Waals surface area contributed by atoms with Gasteiger partial charge in [0.25, 0.3) is 5.91 Å². The quantitative estimate of drug-likeness (QED) is 0.760. The zero-order chi connectivity index (χ0) is 13.0. The van der Waals surface area contributed by atoms with Crippen LogP contribution in [0, 0.1) is 0 Å². The van der Waals surface area contributed by atoms with Crippen LogP contribution in [0.1, 0.15) is 10.6 Å². The molecule has 0 radical (unpaired) electrons. The van der Waals surface area contributed by atoms with E-state index in [0.717, 1.165) is 13.1 Å². The van der Waals surface area contributed by atoms with Crippen LogP contribution in [0.25, 0.3) is 0 Å². The van der Waals surface area contributed by atoms with Gasteiger partial charge >= 0.3 is 0 Å². The van der Waals surface area contributed by atoms with Gasteiger partial charge in [0.1, 0.15) is 0 Å². The molecule has 2 heterocycles. The minimum Gasteiger partial charge on any atom is -0.351 e. The van der Waals surface area contributed by atoms with E-state index in [-0.39, 0.29) is 24.1 Å². The molecule has 1 saturated heterocycles. The summed E-state index contributed by atoms with van der Waals surface area (Å²) in [6.07, 6.45) is 1.40. The van der Waals surface area contributed by atoms with Gasteiger partial charge < -0.3 is 19.6 Å². The number of nitrogens with zero attached hydrogens (tertiary/aromatic N) is 3. The Balaban J connectivity index is 1.88. The van der Waals surface area contributed by atoms with Gasteiger partial charge in [-0.3, -0.25) is 9.59 Å². The van der Waals surface area contributed by atoms with Gasteiger partial charge in [0.2, 0.25) is 11.7 Å². The standard InChI is InChI=1S/C11H16N4O3/c1-14(11(17)9-2-3-13-18-9)8-10(16)15-6-4-12-5-7-15/h2-3,12H,4-8H2,1H3. The van der Waals surface area contributed by atoms with Crippen LogP contribution in [-0.2, 0) is 4.79 Å². The summed E-state index contributed by atoms with van der Waals surface area (Å²) in [5.74, 6) is -0.242. The van der Waals surface area contributed by atoms with Gasteiger partial charge in [0, 0.05) is 39.3 Å². The van der Waals surface area contributed by atoms with Crippen LogP contribution in [0.2, 0.25) is 0 Å². The Morgan fingerprint density at radius 2 is 2.22 bits per heavy atom. The molecule has 1 aromatic heterocycles. The summed E-state index contributed by atoms with van der Waals surface area (Å²) in [7, 11) is 1.57. The second-order valence-corrected chi connectivity index (χ2v) is 4.17. The number of likely N-dealkylation sites (N-methyl/N-ethyl adjacent to an activating group) is 1. The van der Waals surface area contributed by atoms with Crippen LogP contribution in [0.5, 0.6) is 0 Å². The molecule has 98 valence electrons. The number of rotatable bonds is 3. The predicted molar refractivity (Wildman–Crippen MR) is 62.9 cm³/mol. The fraction of sp³-hybridized carbons (Fsp3) is 0.545. The van der Waals surface area contributed by atoms with E-state index < -0.39 is 0 Å². The maximum absolute atomic E-state index is 11.9. The molecule has 0 aliphatic carbocycles. The molecule has 0 saturated carbocycles. The normalized spacial score (nSPS) is 15.5. The molecule has 0 bridgehead atoms. The van der Waals surface area contributed by atoms with Gasteiger partial charge in [0.05, 0.1) is 12.7 Å². The molecule has 0 unspecified atom stereocenters. The van der Waals surface area contributed by atoms with Gasteiger partial charge in [0.15, 0.2) is 0 Å². The predicted octanol–water partition coefficient (Wildman–Crippen LogP) is -0.822. The average molecular weight is 252 g/mol. The number of aromatic nitrogens is 1. The molecule has 1 fully saturated rings. The highest BCUT2D eigenvalue weighted by Gasteiger charge is 2.22. The Kier molecular flexibility index (Phi) is 3.93. The van der Waals surface area contributed by atoms with Gasteiger partial charge in [-0.15, -0.1) is 0 Å². The Bertz CT molecular complexity index is 412. The summed E-state index contributed by atoms with van der Waals surface area (Å²) in [6.45, 7) is 3.02. The molecule has 1 aliphatic rings. The highest BCUT2D eigenvalue weighted by Crippen LogP contribution is 2.03. The van der Waals surface area contributed by atoms with Crippen molar-refractivity contribution in [3.63, 3.8) is 0 Å². The SMILES string of the molecule is CN(CC(=O)N1CCNCC1)C(=O)c1ccno1. The number of amides is 2. The summed E-state index contributed by atoms with van der Waals surface area (Å²) >= 11 is 0. The summed E-state index contributed by atoms with van der Waals surface area (Å²) in [5, 5.41) is 6.64. The maximum atomic E-state index is 11.9. The molecule has 0 spiro atoms. The van der Waals surface area contributed by atoms with Crippen LogP contribution in [0.4, 0.5) is 0 Å². The van der Waals surface area contributed by atoms with Crippen molar-refractivity contribution in [2.75, 3.05) is 39.8 Å². The lowest BCUT2D eigenvalue weighted by Gasteiger charge is -2.29. The average Bonchev–Trinajstić information content (AvgIpc) is 2.92. The van der Waals surface area contributed by atoms with Crippen molar-refractivity contribution in [3.05, 3.63) is 18.0 Å². The van der Waals surface area contributed by atoms with Crippen LogP contribution >= 0.6 is 0 Å². The Morgan fingerprint density at radius 1 is 1.50 bits per heavy atom. The largest absolute Gasteiger partial charge is 0.351 e. The molecule has 2 rings (SSSR count). The number of hydrogen-bond donors (Lipinski definition) is 1. The Morgan fingerprint density at radius 3 is 2.83 bits per heavy atom. The molecular formula is C11H16N4O3. The summed E-state index contributed by atoms with van der Waals surface area (Å²) in [6, 6.07) is 1.48. The molecule has 0 atom stereocenters.